The molecule has 4 heteroatoms. The van der Waals surface area contributed by atoms with Crippen LogP contribution in [0.15, 0.2) is 24.3 Å². The van der Waals surface area contributed by atoms with Gasteiger partial charge in [-0.2, -0.15) is 0 Å². The van der Waals surface area contributed by atoms with Crippen LogP contribution < -0.4 is 0 Å². The van der Waals surface area contributed by atoms with Gasteiger partial charge >= 0.3 is 0 Å². The summed E-state index contributed by atoms with van der Waals surface area (Å²) >= 11 is 7.84. The van der Waals surface area contributed by atoms with E-state index in [1.54, 1.807) is 14.2 Å². The molecule has 0 saturated heterocycles. The number of methoxy groups -OCH3 is 2. The highest BCUT2D eigenvalue weighted by Crippen LogP contribution is 2.23. The molecule has 2 nitrogen and oxygen atoms in total. The van der Waals surface area contributed by atoms with Crippen LogP contribution in [-0.2, 0) is 9.47 Å². The summed E-state index contributed by atoms with van der Waals surface area (Å²) in [5.41, 5.74) is 1.03. The maximum absolute atomic E-state index is 5.84. The Morgan fingerprint density at radius 3 is 2.19 bits per heavy atom. The predicted octanol–water partition coefficient (Wildman–Crippen LogP) is 3.44. The van der Waals surface area contributed by atoms with E-state index in [0.717, 1.165) is 5.56 Å². The minimum atomic E-state index is -0.372. The molecule has 16 heavy (non-hydrogen) atoms. The molecule has 1 atom stereocenters. The Hall–Kier alpha value is -0.280. The van der Waals surface area contributed by atoms with Gasteiger partial charge in [0.2, 0.25) is 0 Å². The SMILES string of the molecule is COC(OC)C(C#CI)c1ccc(Cl)cc1. The Kier molecular flexibility index (Phi) is 6.14. The number of hydrogen-bond donors (Lipinski definition) is 0. The molecule has 0 aliphatic heterocycles. The molecule has 0 spiro atoms. The lowest BCUT2D eigenvalue weighted by molar-refractivity contribution is -0.108. The van der Waals surface area contributed by atoms with Crippen LogP contribution in [0, 0.1) is 9.85 Å². The van der Waals surface area contributed by atoms with E-state index in [2.05, 4.69) is 9.85 Å². The van der Waals surface area contributed by atoms with Crippen molar-refractivity contribution in [3.05, 3.63) is 34.9 Å². The average Bonchev–Trinajstić information content (AvgIpc) is 2.31. The number of benzene rings is 1. The predicted molar refractivity (Wildman–Crippen MR) is 73.8 cm³/mol. The van der Waals surface area contributed by atoms with Gasteiger partial charge in [0.25, 0.3) is 0 Å². The Balaban J connectivity index is 3.00. The van der Waals surface area contributed by atoms with Crippen LogP contribution in [0.2, 0.25) is 5.02 Å². The first-order valence-corrected chi connectivity index (χ1v) is 6.10. The molecule has 0 radical (unpaired) electrons. The lowest BCUT2D eigenvalue weighted by atomic mass is 9.99. The first-order chi connectivity index (χ1) is 7.72. The van der Waals surface area contributed by atoms with E-state index in [0.29, 0.717) is 5.02 Å². The third-order valence-electron chi connectivity index (χ3n) is 2.18. The van der Waals surface area contributed by atoms with Crippen LogP contribution in [0.25, 0.3) is 0 Å². The highest BCUT2D eigenvalue weighted by Gasteiger charge is 2.20. The van der Waals surface area contributed by atoms with Gasteiger partial charge in [-0.3, -0.25) is 0 Å². The summed E-state index contributed by atoms with van der Waals surface area (Å²) in [5, 5.41) is 0.705. The van der Waals surface area contributed by atoms with Gasteiger partial charge in [-0.05, 0) is 21.6 Å². The number of ether oxygens (including phenoxy) is 2. The highest BCUT2D eigenvalue weighted by molar-refractivity contribution is 14.1. The second-order valence-electron chi connectivity index (χ2n) is 3.11. The van der Waals surface area contributed by atoms with Gasteiger partial charge in [0.1, 0.15) is 0 Å². The fourth-order valence-corrected chi connectivity index (χ4v) is 1.87. The number of halogens is 2. The fourth-order valence-electron chi connectivity index (χ4n) is 1.41. The van der Waals surface area contributed by atoms with Crippen molar-refractivity contribution in [2.75, 3.05) is 14.2 Å². The second kappa shape index (κ2) is 7.13. The van der Waals surface area contributed by atoms with Crippen LogP contribution in [0.1, 0.15) is 11.5 Å². The molecular weight excluding hydrogens is 338 g/mol. The molecule has 0 aliphatic carbocycles. The van der Waals surface area contributed by atoms with Crippen LogP contribution in [-0.4, -0.2) is 20.5 Å². The Labute approximate surface area is 114 Å². The largest absolute Gasteiger partial charge is 0.354 e. The molecule has 0 aliphatic rings. The lowest BCUT2D eigenvalue weighted by Crippen LogP contribution is -2.21. The zero-order valence-electron chi connectivity index (χ0n) is 9.04. The maximum Gasteiger partial charge on any atom is 0.174 e. The van der Waals surface area contributed by atoms with Gasteiger partial charge in [0.05, 0.1) is 5.92 Å². The standard InChI is InChI=1S/C12H12ClIO2/c1-15-12(16-2)11(7-8-14)9-3-5-10(13)6-4-9/h3-6,11-12H,1-2H3. The molecule has 1 aromatic rings. The van der Waals surface area contributed by atoms with Crippen LogP contribution in [0.5, 0.6) is 0 Å². The normalized spacial score (nSPS) is 12.1. The smallest absolute Gasteiger partial charge is 0.174 e. The van der Waals surface area contributed by atoms with Gasteiger partial charge < -0.3 is 9.47 Å². The van der Waals surface area contributed by atoms with E-state index in [4.69, 9.17) is 21.1 Å². The van der Waals surface area contributed by atoms with Crippen molar-refractivity contribution in [3.63, 3.8) is 0 Å². The monoisotopic (exact) mass is 350 g/mol. The molecule has 0 N–H and O–H groups in total. The van der Waals surface area contributed by atoms with Gasteiger partial charge in [-0.1, -0.05) is 29.7 Å². The van der Waals surface area contributed by atoms with E-state index >= 15 is 0 Å². The van der Waals surface area contributed by atoms with Crippen LogP contribution in [0.3, 0.4) is 0 Å². The van der Waals surface area contributed by atoms with Crippen molar-refractivity contribution in [1.29, 1.82) is 0 Å². The highest BCUT2D eigenvalue weighted by atomic mass is 127. The first kappa shape index (κ1) is 13.8. The summed E-state index contributed by atoms with van der Waals surface area (Å²) in [5.74, 6) is 2.96. The van der Waals surface area contributed by atoms with Crippen molar-refractivity contribution in [1.82, 2.24) is 0 Å². The Morgan fingerprint density at radius 1 is 1.19 bits per heavy atom. The van der Waals surface area contributed by atoms with Crippen molar-refractivity contribution in [2.24, 2.45) is 0 Å². The molecule has 1 unspecified atom stereocenters. The van der Waals surface area contributed by atoms with Crippen molar-refractivity contribution in [2.45, 2.75) is 12.2 Å². The number of hydrogen-bond acceptors (Lipinski definition) is 2. The van der Waals surface area contributed by atoms with Gasteiger partial charge in [0.15, 0.2) is 6.29 Å². The second-order valence-corrected chi connectivity index (χ2v) is 4.08. The summed E-state index contributed by atoms with van der Waals surface area (Å²) in [6.45, 7) is 0. The van der Waals surface area contributed by atoms with E-state index in [9.17, 15) is 0 Å². The Bertz CT molecular complexity index is 376. The molecule has 0 aromatic heterocycles. The minimum Gasteiger partial charge on any atom is -0.354 e. The average molecular weight is 351 g/mol. The zero-order valence-corrected chi connectivity index (χ0v) is 11.9. The third kappa shape index (κ3) is 3.63. The summed E-state index contributed by atoms with van der Waals surface area (Å²) in [7, 11) is 3.21. The number of rotatable bonds is 4. The van der Waals surface area contributed by atoms with E-state index < -0.39 is 0 Å². The van der Waals surface area contributed by atoms with Gasteiger partial charge in [-0.25, -0.2) is 0 Å². The molecule has 0 bridgehead atoms. The van der Waals surface area contributed by atoms with Crippen LogP contribution >= 0.6 is 34.2 Å². The molecule has 0 heterocycles. The quantitative estimate of drug-likeness (QED) is 0.470. The molecule has 0 amide bonds. The molecule has 0 saturated carbocycles. The van der Waals surface area contributed by atoms with E-state index in [1.165, 1.54) is 0 Å². The first-order valence-electron chi connectivity index (χ1n) is 4.65. The summed E-state index contributed by atoms with van der Waals surface area (Å²) < 4.78 is 13.3. The van der Waals surface area contributed by atoms with E-state index in [-0.39, 0.29) is 12.2 Å². The van der Waals surface area contributed by atoms with E-state index in [1.807, 2.05) is 46.9 Å². The molecular formula is C12H12ClIO2. The topological polar surface area (TPSA) is 18.5 Å². The molecule has 86 valence electrons. The minimum absolute atomic E-state index is 0.107. The fraction of sp³-hybridized carbons (Fsp3) is 0.333. The summed E-state index contributed by atoms with van der Waals surface area (Å²) in [6, 6.07) is 7.53. The van der Waals surface area contributed by atoms with Crippen molar-refractivity contribution in [3.8, 4) is 9.85 Å². The van der Waals surface area contributed by atoms with Crippen molar-refractivity contribution >= 4 is 34.2 Å². The third-order valence-corrected chi connectivity index (χ3v) is 2.74. The summed E-state index contributed by atoms with van der Waals surface area (Å²) in [4.78, 5) is 0. The van der Waals surface area contributed by atoms with Crippen LogP contribution in [0.4, 0.5) is 0 Å². The molecule has 1 aromatic carbocycles. The molecule has 1 rings (SSSR count). The molecule has 0 fully saturated rings. The summed E-state index contributed by atoms with van der Waals surface area (Å²) in [6.07, 6.45) is -0.372. The van der Waals surface area contributed by atoms with Gasteiger partial charge in [-0.15, -0.1) is 0 Å². The maximum atomic E-state index is 5.84. The van der Waals surface area contributed by atoms with Gasteiger partial charge in [0, 0.05) is 41.8 Å². The lowest BCUT2D eigenvalue weighted by Gasteiger charge is -2.20. The Morgan fingerprint density at radius 2 is 1.75 bits per heavy atom. The van der Waals surface area contributed by atoms with Crippen molar-refractivity contribution < 1.29 is 9.47 Å². The zero-order chi connectivity index (χ0) is 12.0.